The molecule has 0 amide bonds. The van der Waals surface area contributed by atoms with E-state index in [0.717, 1.165) is 10.6 Å². The number of hydrogen-bond acceptors (Lipinski definition) is 6. The first-order chi connectivity index (χ1) is 13.4. The summed E-state index contributed by atoms with van der Waals surface area (Å²) in [5, 5.41) is 6.20. The summed E-state index contributed by atoms with van der Waals surface area (Å²) in [6, 6.07) is 8.86. The second-order valence-corrected chi connectivity index (χ2v) is 8.97. The number of nitrogens with one attached hydrogen (secondary N) is 3. The van der Waals surface area contributed by atoms with Gasteiger partial charge in [-0.1, -0.05) is 0 Å². The fraction of sp³-hybridized carbons (Fsp3) is 0.389. The Bertz CT molecular complexity index is 916. The Kier molecular flexibility index (Phi) is 10.7. The molecule has 0 aliphatic carbocycles. The third kappa shape index (κ3) is 7.64. The zero-order chi connectivity index (χ0) is 20.6. The SMILES string of the molecule is CCOc1ccc(NC(=NC)NCCNS(=O)(=O)c2ccc(C)s2)cc1OC.I. The van der Waals surface area contributed by atoms with Crippen molar-refractivity contribution in [2.24, 2.45) is 4.99 Å². The monoisotopic (exact) mass is 554 g/mol. The van der Waals surface area contributed by atoms with Crippen molar-refractivity contribution in [3.63, 3.8) is 0 Å². The molecule has 2 aromatic rings. The summed E-state index contributed by atoms with van der Waals surface area (Å²) in [4.78, 5) is 5.09. The third-order valence-electron chi connectivity index (χ3n) is 3.64. The van der Waals surface area contributed by atoms with Crippen LogP contribution in [0.4, 0.5) is 5.69 Å². The molecule has 0 spiro atoms. The van der Waals surface area contributed by atoms with Crippen LogP contribution in [0.3, 0.4) is 0 Å². The Morgan fingerprint density at radius 2 is 1.93 bits per heavy atom. The topological polar surface area (TPSA) is 101 Å². The highest BCUT2D eigenvalue weighted by Crippen LogP contribution is 2.30. The number of hydrogen-bond donors (Lipinski definition) is 3. The lowest BCUT2D eigenvalue weighted by atomic mass is 10.2. The van der Waals surface area contributed by atoms with Gasteiger partial charge in [0.15, 0.2) is 17.5 Å². The second kappa shape index (κ2) is 12.2. The van der Waals surface area contributed by atoms with Crippen LogP contribution in [0.15, 0.2) is 39.5 Å². The van der Waals surface area contributed by atoms with Crippen molar-refractivity contribution in [2.75, 3.05) is 39.2 Å². The van der Waals surface area contributed by atoms with Gasteiger partial charge in [-0.15, -0.1) is 35.3 Å². The number of thiophene rings is 1. The first-order valence-electron chi connectivity index (χ1n) is 8.74. The zero-order valence-electron chi connectivity index (χ0n) is 16.8. The van der Waals surface area contributed by atoms with E-state index in [1.165, 1.54) is 11.3 Å². The lowest BCUT2D eigenvalue weighted by molar-refractivity contribution is 0.311. The molecule has 1 aromatic heterocycles. The summed E-state index contributed by atoms with van der Waals surface area (Å²) < 4.78 is 38.1. The van der Waals surface area contributed by atoms with Crippen LogP contribution in [0, 0.1) is 6.92 Å². The number of benzene rings is 1. The Morgan fingerprint density at radius 3 is 2.52 bits per heavy atom. The fourth-order valence-corrected chi connectivity index (χ4v) is 4.69. The third-order valence-corrected chi connectivity index (χ3v) is 6.59. The minimum atomic E-state index is -3.48. The quantitative estimate of drug-likeness (QED) is 0.191. The molecule has 162 valence electrons. The summed E-state index contributed by atoms with van der Waals surface area (Å²) in [7, 11) is -0.267. The van der Waals surface area contributed by atoms with Crippen molar-refractivity contribution in [1.82, 2.24) is 10.0 Å². The van der Waals surface area contributed by atoms with Gasteiger partial charge in [0.05, 0.1) is 13.7 Å². The molecule has 0 fully saturated rings. The lowest BCUT2D eigenvalue weighted by Crippen LogP contribution is -2.37. The number of ether oxygens (including phenoxy) is 2. The molecule has 1 aromatic carbocycles. The molecule has 0 saturated carbocycles. The normalized spacial score (nSPS) is 11.5. The number of aryl methyl sites for hydroxylation is 1. The average molecular weight is 554 g/mol. The van der Waals surface area contributed by atoms with Gasteiger partial charge in [-0.05, 0) is 38.1 Å². The number of nitrogens with zero attached hydrogens (tertiary/aromatic N) is 1. The van der Waals surface area contributed by atoms with E-state index >= 15 is 0 Å². The first-order valence-corrected chi connectivity index (χ1v) is 11.0. The van der Waals surface area contributed by atoms with Gasteiger partial charge in [0.1, 0.15) is 4.21 Å². The van der Waals surface area contributed by atoms with E-state index < -0.39 is 10.0 Å². The number of rotatable bonds is 9. The van der Waals surface area contributed by atoms with E-state index in [0.29, 0.717) is 34.8 Å². The van der Waals surface area contributed by atoms with Crippen LogP contribution in [0.25, 0.3) is 0 Å². The number of guanidine groups is 1. The molecule has 0 unspecified atom stereocenters. The van der Waals surface area contributed by atoms with Crippen LogP contribution < -0.4 is 24.8 Å². The van der Waals surface area contributed by atoms with Crippen LogP contribution in [0.5, 0.6) is 11.5 Å². The van der Waals surface area contributed by atoms with Crippen molar-refractivity contribution < 1.29 is 17.9 Å². The van der Waals surface area contributed by atoms with Crippen LogP contribution in [-0.2, 0) is 10.0 Å². The van der Waals surface area contributed by atoms with Crippen molar-refractivity contribution in [2.45, 2.75) is 18.1 Å². The van der Waals surface area contributed by atoms with E-state index in [4.69, 9.17) is 9.47 Å². The van der Waals surface area contributed by atoms with Gasteiger partial charge in [0.25, 0.3) is 0 Å². The van der Waals surface area contributed by atoms with E-state index in [1.54, 1.807) is 32.4 Å². The Balaban J connectivity index is 0.00000420. The molecule has 0 bridgehead atoms. The van der Waals surface area contributed by atoms with E-state index in [1.807, 2.05) is 26.0 Å². The summed E-state index contributed by atoms with van der Waals surface area (Å²) in [6.07, 6.45) is 0. The minimum absolute atomic E-state index is 0. The molecule has 0 aliphatic rings. The van der Waals surface area contributed by atoms with Crippen molar-refractivity contribution >= 4 is 57.0 Å². The minimum Gasteiger partial charge on any atom is -0.493 e. The van der Waals surface area contributed by atoms with Crippen LogP contribution in [0.1, 0.15) is 11.8 Å². The van der Waals surface area contributed by atoms with Crippen LogP contribution in [-0.4, -0.2) is 48.2 Å². The molecule has 1 heterocycles. The highest BCUT2D eigenvalue weighted by Gasteiger charge is 2.15. The molecule has 2 rings (SSSR count). The van der Waals surface area contributed by atoms with E-state index in [-0.39, 0.29) is 30.5 Å². The average Bonchev–Trinajstić information content (AvgIpc) is 3.12. The number of halogens is 1. The van der Waals surface area contributed by atoms with Gasteiger partial charge in [0, 0.05) is 36.8 Å². The van der Waals surface area contributed by atoms with Crippen molar-refractivity contribution in [3.05, 3.63) is 35.2 Å². The first kappa shape index (κ1) is 25.5. The standard InChI is InChI=1S/C18H26N4O4S2.HI/c1-5-26-15-8-7-14(12-16(15)25-4)22-18(19-3)20-10-11-21-28(23,24)17-9-6-13(2)27-17;/h6-9,12,21H,5,10-11H2,1-4H3,(H2,19,20,22);1H. The number of aliphatic imine (C=N–C) groups is 1. The molecule has 8 nitrogen and oxygen atoms in total. The highest BCUT2D eigenvalue weighted by molar-refractivity contribution is 14.0. The Hall–Kier alpha value is -1.57. The fourth-order valence-electron chi connectivity index (χ4n) is 2.33. The van der Waals surface area contributed by atoms with Gasteiger partial charge in [-0.25, -0.2) is 13.1 Å². The summed E-state index contributed by atoms with van der Waals surface area (Å²) in [6.45, 7) is 4.93. The molecule has 3 N–H and O–H groups in total. The highest BCUT2D eigenvalue weighted by atomic mass is 127. The predicted octanol–water partition coefficient (Wildman–Crippen LogP) is 3.05. The van der Waals surface area contributed by atoms with Gasteiger partial charge in [-0.3, -0.25) is 4.99 Å². The maximum absolute atomic E-state index is 12.2. The maximum atomic E-state index is 12.2. The van der Waals surface area contributed by atoms with Gasteiger partial charge in [-0.2, -0.15) is 0 Å². The zero-order valence-corrected chi connectivity index (χ0v) is 20.8. The summed E-state index contributed by atoms with van der Waals surface area (Å²) >= 11 is 1.24. The van der Waals surface area contributed by atoms with Crippen LogP contribution >= 0.6 is 35.3 Å². The van der Waals surface area contributed by atoms with Crippen LogP contribution in [0.2, 0.25) is 0 Å². The van der Waals surface area contributed by atoms with Crippen molar-refractivity contribution in [1.29, 1.82) is 0 Å². The van der Waals surface area contributed by atoms with Crippen molar-refractivity contribution in [3.8, 4) is 11.5 Å². The Labute approximate surface area is 193 Å². The summed E-state index contributed by atoms with van der Waals surface area (Å²) in [5.74, 6) is 1.79. The van der Waals surface area contributed by atoms with Gasteiger partial charge >= 0.3 is 0 Å². The van der Waals surface area contributed by atoms with Gasteiger partial charge < -0.3 is 20.1 Å². The number of sulfonamides is 1. The largest absolute Gasteiger partial charge is 0.493 e. The second-order valence-electron chi connectivity index (χ2n) is 5.69. The Morgan fingerprint density at radius 1 is 1.17 bits per heavy atom. The summed E-state index contributed by atoms with van der Waals surface area (Å²) in [5.41, 5.74) is 0.767. The molecule has 0 atom stereocenters. The molecule has 11 heteroatoms. The maximum Gasteiger partial charge on any atom is 0.250 e. The number of anilines is 1. The molecule has 0 radical (unpaired) electrons. The number of methoxy groups -OCH3 is 1. The molecule has 29 heavy (non-hydrogen) atoms. The molecule has 0 saturated heterocycles. The predicted molar refractivity (Wildman–Crippen MR) is 129 cm³/mol. The van der Waals surface area contributed by atoms with E-state index in [9.17, 15) is 8.42 Å². The molecular formula is C18H27IN4O4S2. The molecular weight excluding hydrogens is 527 g/mol. The van der Waals surface area contributed by atoms with E-state index in [2.05, 4.69) is 20.3 Å². The smallest absolute Gasteiger partial charge is 0.250 e. The molecule has 0 aliphatic heterocycles. The van der Waals surface area contributed by atoms with Gasteiger partial charge in [0.2, 0.25) is 10.0 Å². The lowest BCUT2D eigenvalue weighted by Gasteiger charge is -2.14.